The molecule has 1 aliphatic carbocycles. The number of rotatable bonds is 12. The van der Waals surface area contributed by atoms with Gasteiger partial charge in [-0.1, -0.05) is 6.92 Å². The van der Waals surface area contributed by atoms with E-state index in [-0.39, 0.29) is 24.0 Å². The van der Waals surface area contributed by atoms with Gasteiger partial charge in [0.2, 0.25) is 10.0 Å². The first kappa shape index (κ1) is 23.9. The molecule has 0 spiro atoms. The van der Waals surface area contributed by atoms with Crippen LogP contribution in [0.2, 0.25) is 0 Å². The number of nitrogens with one attached hydrogen (secondary N) is 2. The molecular formula is C15H33IN4O3S. The highest BCUT2D eigenvalue weighted by Crippen LogP contribution is 2.28. The monoisotopic (exact) mass is 476 g/mol. The van der Waals surface area contributed by atoms with Crippen molar-refractivity contribution in [3.63, 3.8) is 0 Å². The third-order valence-corrected chi connectivity index (χ3v) is 5.11. The average Bonchev–Trinajstić information content (AvgIpc) is 3.31. The minimum Gasteiger partial charge on any atom is -0.381 e. The number of nitrogens with zero attached hydrogens (tertiary/aromatic N) is 2. The van der Waals surface area contributed by atoms with E-state index in [4.69, 9.17) is 4.74 Å². The van der Waals surface area contributed by atoms with Gasteiger partial charge in [0.05, 0.1) is 6.26 Å². The zero-order chi connectivity index (χ0) is 17.1. The van der Waals surface area contributed by atoms with Gasteiger partial charge >= 0.3 is 0 Å². The lowest BCUT2D eigenvalue weighted by Crippen LogP contribution is -2.40. The van der Waals surface area contributed by atoms with Crippen LogP contribution >= 0.6 is 24.0 Å². The number of sulfonamides is 1. The average molecular weight is 476 g/mol. The Morgan fingerprint density at radius 3 is 2.38 bits per heavy atom. The number of ether oxygens (including phenoxy) is 1. The van der Waals surface area contributed by atoms with Crippen LogP contribution in [-0.2, 0) is 14.8 Å². The molecule has 0 aromatic heterocycles. The largest absolute Gasteiger partial charge is 0.381 e. The molecule has 0 aliphatic heterocycles. The van der Waals surface area contributed by atoms with Gasteiger partial charge in [-0.25, -0.2) is 12.7 Å². The molecule has 1 aliphatic rings. The molecule has 2 N–H and O–H groups in total. The number of hydrogen-bond acceptors (Lipinski definition) is 4. The van der Waals surface area contributed by atoms with Crippen LogP contribution in [-0.4, -0.2) is 71.4 Å². The van der Waals surface area contributed by atoms with Crippen LogP contribution in [0.5, 0.6) is 0 Å². The predicted octanol–water partition coefficient (Wildman–Crippen LogP) is 1.26. The fraction of sp³-hybridized carbons (Fsp3) is 0.933. The van der Waals surface area contributed by atoms with Crippen molar-refractivity contribution in [1.82, 2.24) is 14.9 Å². The summed E-state index contributed by atoms with van der Waals surface area (Å²) in [5.74, 6) is 1.56. The van der Waals surface area contributed by atoms with Crippen molar-refractivity contribution in [3.8, 4) is 0 Å². The molecule has 0 unspecified atom stereocenters. The van der Waals surface area contributed by atoms with Gasteiger partial charge in [-0.15, -0.1) is 24.0 Å². The Labute approximate surface area is 164 Å². The van der Waals surface area contributed by atoms with E-state index in [0.717, 1.165) is 44.5 Å². The maximum Gasteiger partial charge on any atom is 0.211 e. The highest BCUT2D eigenvalue weighted by Gasteiger charge is 2.20. The lowest BCUT2D eigenvalue weighted by atomic mass is 10.4. The lowest BCUT2D eigenvalue weighted by Gasteiger charge is -2.18. The van der Waals surface area contributed by atoms with Gasteiger partial charge in [0.1, 0.15) is 0 Å². The van der Waals surface area contributed by atoms with E-state index in [1.807, 2.05) is 6.92 Å². The van der Waals surface area contributed by atoms with Gasteiger partial charge in [0.15, 0.2) is 5.96 Å². The molecule has 24 heavy (non-hydrogen) atoms. The molecule has 1 fully saturated rings. The highest BCUT2D eigenvalue weighted by molar-refractivity contribution is 14.0. The molecule has 0 aromatic rings. The van der Waals surface area contributed by atoms with Crippen LogP contribution < -0.4 is 10.6 Å². The number of hydrogen-bond donors (Lipinski definition) is 2. The number of aliphatic imine (C=N–C) groups is 1. The molecule has 7 nitrogen and oxygen atoms in total. The van der Waals surface area contributed by atoms with Crippen molar-refractivity contribution < 1.29 is 13.2 Å². The van der Waals surface area contributed by atoms with Gasteiger partial charge in [-0.05, 0) is 31.6 Å². The van der Waals surface area contributed by atoms with E-state index in [1.54, 1.807) is 7.05 Å². The van der Waals surface area contributed by atoms with E-state index in [9.17, 15) is 8.42 Å². The Bertz CT molecular complexity index is 456. The van der Waals surface area contributed by atoms with E-state index in [0.29, 0.717) is 19.6 Å². The Morgan fingerprint density at radius 2 is 1.88 bits per heavy atom. The summed E-state index contributed by atoms with van der Waals surface area (Å²) in [4.78, 5) is 4.15. The first-order valence-electron chi connectivity index (χ1n) is 8.44. The standard InChI is InChI=1S/C15H32N4O3S.HI/c1-4-19(23(3,20)21)11-5-9-17-15(16-2)18-10-6-12-22-13-14-7-8-14;/h14H,4-13H2,1-3H3,(H2,16,17,18);1H. The maximum atomic E-state index is 11.5. The smallest absolute Gasteiger partial charge is 0.211 e. The van der Waals surface area contributed by atoms with Crippen LogP contribution in [0.25, 0.3) is 0 Å². The molecule has 0 bridgehead atoms. The molecular weight excluding hydrogens is 443 g/mol. The second-order valence-electron chi connectivity index (χ2n) is 5.91. The van der Waals surface area contributed by atoms with Crippen LogP contribution in [0, 0.1) is 5.92 Å². The van der Waals surface area contributed by atoms with Crippen molar-refractivity contribution in [3.05, 3.63) is 0 Å². The minimum absolute atomic E-state index is 0. The van der Waals surface area contributed by atoms with E-state index in [1.165, 1.54) is 23.4 Å². The van der Waals surface area contributed by atoms with Gasteiger partial charge < -0.3 is 15.4 Å². The van der Waals surface area contributed by atoms with Gasteiger partial charge in [-0.3, -0.25) is 4.99 Å². The Balaban J connectivity index is 0.00000529. The molecule has 0 heterocycles. The second kappa shape index (κ2) is 13.1. The predicted molar refractivity (Wildman–Crippen MR) is 110 cm³/mol. The number of guanidine groups is 1. The van der Waals surface area contributed by atoms with Crippen LogP contribution in [0.1, 0.15) is 32.6 Å². The summed E-state index contributed by atoms with van der Waals surface area (Å²) < 4.78 is 30.0. The third kappa shape index (κ3) is 11.4. The molecule has 0 amide bonds. The third-order valence-electron chi connectivity index (χ3n) is 3.73. The van der Waals surface area contributed by atoms with Crippen LogP contribution in [0.3, 0.4) is 0 Å². The van der Waals surface area contributed by atoms with Crippen molar-refractivity contribution in [2.75, 3.05) is 52.7 Å². The van der Waals surface area contributed by atoms with E-state index < -0.39 is 10.0 Å². The maximum absolute atomic E-state index is 11.5. The number of halogens is 1. The molecule has 0 atom stereocenters. The molecule has 1 rings (SSSR count). The molecule has 9 heteroatoms. The molecule has 144 valence electrons. The summed E-state index contributed by atoms with van der Waals surface area (Å²) in [7, 11) is -1.37. The Kier molecular flexibility index (Phi) is 13.1. The molecule has 0 saturated heterocycles. The first-order chi connectivity index (χ1) is 11.0. The quantitative estimate of drug-likeness (QED) is 0.192. The van der Waals surface area contributed by atoms with Crippen molar-refractivity contribution in [2.24, 2.45) is 10.9 Å². The first-order valence-corrected chi connectivity index (χ1v) is 10.3. The summed E-state index contributed by atoms with van der Waals surface area (Å²) in [5.41, 5.74) is 0. The van der Waals surface area contributed by atoms with Crippen LogP contribution in [0.4, 0.5) is 0 Å². The zero-order valence-corrected chi connectivity index (χ0v) is 18.2. The summed E-state index contributed by atoms with van der Waals surface area (Å²) in [6.45, 7) is 6.06. The fourth-order valence-electron chi connectivity index (χ4n) is 2.16. The SMILES string of the molecule is CCN(CCCNC(=NC)NCCCOCC1CC1)S(C)(=O)=O.I. The van der Waals surface area contributed by atoms with Gasteiger partial charge in [-0.2, -0.15) is 0 Å². The van der Waals surface area contributed by atoms with Crippen molar-refractivity contribution >= 4 is 40.0 Å². The fourth-order valence-corrected chi connectivity index (χ4v) is 3.09. The van der Waals surface area contributed by atoms with Crippen molar-refractivity contribution in [1.29, 1.82) is 0 Å². The topological polar surface area (TPSA) is 83.0 Å². The zero-order valence-electron chi connectivity index (χ0n) is 15.1. The van der Waals surface area contributed by atoms with E-state index >= 15 is 0 Å². The Hall–Kier alpha value is -0.130. The summed E-state index contributed by atoms with van der Waals surface area (Å²) in [5, 5.41) is 6.43. The highest BCUT2D eigenvalue weighted by atomic mass is 127. The molecule has 0 radical (unpaired) electrons. The molecule has 1 saturated carbocycles. The summed E-state index contributed by atoms with van der Waals surface area (Å²) >= 11 is 0. The lowest BCUT2D eigenvalue weighted by molar-refractivity contribution is 0.123. The second-order valence-corrected chi connectivity index (χ2v) is 7.89. The Morgan fingerprint density at radius 1 is 1.25 bits per heavy atom. The summed E-state index contributed by atoms with van der Waals surface area (Å²) in [6, 6.07) is 0. The molecule has 0 aromatic carbocycles. The summed E-state index contributed by atoms with van der Waals surface area (Å²) in [6.07, 6.45) is 5.58. The van der Waals surface area contributed by atoms with Gasteiger partial charge in [0.25, 0.3) is 0 Å². The van der Waals surface area contributed by atoms with E-state index in [2.05, 4.69) is 15.6 Å². The normalized spacial score (nSPS) is 15.2. The van der Waals surface area contributed by atoms with Crippen LogP contribution in [0.15, 0.2) is 4.99 Å². The van der Waals surface area contributed by atoms with Crippen molar-refractivity contribution in [2.45, 2.75) is 32.6 Å². The minimum atomic E-state index is -3.10. The van der Waals surface area contributed by atoms with Gasteiger partial charge in [0, 0.05) is 46.4 Å².